The van der Waals surface area contributed by atoms with Crippen LogP contribution in [0.1, 0.15) is 19.4 Å². The number of hydrogen-bond donors (Lipinski definition) is 2. The van der Waals surface area contributed by atoms with Crippen molar-refractivity contribution in [2.75, 3.05) is 7.05 Å². The number of fused-ring (bicyclic) bond motifs is 1. The maximum Gasteiger partial charge on any atom is 0.260 e. The van der Waals surface area contributed by atoms with Crippen LogP contribution in [-0.4, -0.2) is 25.1 Å². The molecule has 3 N–H and O–H groups in total. The van der Waals surface area contributed by atoms with Gasteiger partial charge in [0.2, 0.25) is 0 Å². The smallest absolute Gasteiger partial charge is 0.260 e. The van der Waals surface area contributed by atoms with Gasteiger partial charge in [0.25, 0.3) is 5.91 Å². The molecule has 0 spiro atoms. The summed E-state index contributed by atoms with van der Waals surface area (Å²) in [5.74, 6) is 0.581. The van der Waals surface area contributed by atoms with Gasteiger partial charge in [-0.2, -0.15) is 0 Å². The van der Waals surface area contributed by atoms with Gasteiger partial charge < -0.3 is 15.8 Å². The van der Waals surface area contributed by atoms with Crippen molar-refractivity contribution in [2.24, 2.45) is 5.73 Å². The van der Waals surface area contributed by atoms with E-state index in [4.69, 9.17) is 10.5 Å². The number of nitrogens with two attached hydrogens (primary N) is 1. The van der Waals surface area contributed by atoms with Crippen molar-refractivity contribution in [3.05, 3.63) is 42.0 Å². The highest BCUT2D eigenvalue weighted by atomic mass is 16.5. The Hall–Kier alpha value is -2.07. The van der Waals surface area contributed by atoms with E-state index >= 15 is 0 Å². The van der Waals surface area contributed by atoms with E-state index in [2.05, 4.69) is 17.4 Å². The monoisotopic (exact) mass is 286 g/mol. The Kier molecular flexibility index (Phi) is 4.81. The van der Waals surface area contributed by atoms with Crippen LogP contribution in [0.25, 0.3) is 10.8 Å². The Balaban J connectivity index is 2.44. The summed E-state index contributed by atoms with van der Waals surface area (Å²) in [4.78, 5) is 11.7. The molecule has 0 saturated carbocycles. The van der Waals surface area contributed by atoms with Crippen molar-refractivity contribution in [3.8, 4) is 5.75 Å². The van der Waals surface area contributed by atoms with Gasteiger partial charge in [-0.1, -0.05) is 30.3 Å². The normalized spacial score (nSPS) is 13.7. The van der Waals surface area contributed by atoms with E-state index in [1.54, 1.807) is 14.0 Å². The van der Waals surface area contributed by atoms with Crippen LogP contribution in [0.5, 0.6) is 5.75 Å². The number of nitrogens with one attached hydrogen (secondary N) is 1. The van der Waals surface area contributed by atoms with E-state index in [0.717, 1.165) is 22.1 Å². The maximum absolute atomic E-state index is 11.7. The maximum atomic E-state index is 11.7. The molecule has 0 radical (unpaired) electrons. The van der Waals surface area contributed by atoms with Gasteiger partial charge in [-0.05, 0) is 37.1 Å². The molecule has 0 aromatic heterocycles. The molecule has 1 amide bonds. The highest BCUT2D eigenvalue weighted by Crippen LogP contribution is 2.29. The van der Waals surface area contributed by atoms with Gasteiger partial charge in [-0.25, -0.2) is 0 Å². The number of hydrogen-bond acceptors (Lipinski definition) is 3. The molecule has 0 saturated heterocycles. The van der Waals surface area contributed by atoms with Crippen molar-refractivity contribution in [3.63, 3.8) is 0 Å². The topological polar surface area (TPSA) is 64.3 Å². The number of amides is 1. The third-order valence-electron chi connectivity index (χ3n) is 3.44. The second-order valence-electron chi connectivity index (χ2n) is 5.32. The minimum absolute atomic E-state index is 0.0217. The summed E-state index contributed by atoms with van der Waals surface area (Å²) in [5, 5.41) is 4.86. The van der Waals surface area contributed by atoms with Crippen LogP contribution >= 0.6 is 0 Å². The van der Waals surface area contributed by atoms with E-state index in [0.29, 0.717) is 6.42 Å². The molecule has 2 rings (SSSR count). The van der Waals surface area contributed by atoms with Crippen LogP contribution in [0.2, 0.25) is 0 Å². The average Bonchev–Trinajstić information content (AvgIpc) is 2.48. The largest absolute Gasteiger partial charge is 0.481 e. The lowest BCUT2D eigenvalue weighted by molar-refractivity contribution is -0.126. The fourth-order valence-corrected chi connectivity index (χ4v) is 2.41. The van der Waals surface area contributed by atoms with Gasteiger partial charge in [0.1, 0.15) is 5.75 Å². The highest BCUT2D eigenvalue weighted by molar-refractivity contribution is 5.88. The minimum atomic E-state index is -0.539. The van der Waals surface area contributed by atoms with Gasteiger partial charge in [-0.15, -0.1) is 0 Å². The molecule has 2 aromatic carbocycles. The lowest BCUT2D eigenvalue weighted by atomic mass is 9.98. The molecule has 0 aliphatic heterocycles. The third-order valence-corrected chi connectivity index (χ3v) is 3.44. The number of likely N-dealkylation sites (N-methyl/N-ethyl adjacent to an activating group) is 1. The Bertz CT molecular complexity index is 638. The molecule has 4 heteroatoms. The average molecular weight is 286 g/mol. The number of carbonyl (C=O) groups is 1. The van der Waals surface area contributed by atoms with Crippen molar-refractivity contribution in [2.45, 2.75) is 32.4 Å². The Morgan fingerprint density at radius 2 is 1.95 bits per heavy atom. The van der Waals surface area contributed by atoms with Crippen LogP contribution in [0, 0.1) is 0 Å². The summed E-state index contributed by atoms with van der Waals surface area (Å²) in [6.07, 6.45) is 0.167. The standard InChI is InChI=1S/C17H22N2O2/c1-11(18)10-15-14-7-5-4-6-13(14)8-9-16(15)21-12(2)17(20)19-3/h4-9,11-12H,10,18H2,1-3H3,(H,19,20). The zero-order valence-electron chi connectivity index (χ0n) is 12.7. The molecular formula is C17H22N2O2. The van der Waals surface area contributed by atoms with Gasteiger partial charge in [0.05, 0.1) is 0 Å². The Morgan fingerprint density at radius 1 is 1.24 bits per heavy atom. The predicted molar refractivity (Wildman–Crippen MR) is 85.5 cm³/mol. The van der Waals surface area contributed by atoms with E-state index < -0.39 is 6.10 Å². The van der Waals surface area contributed by atoms with E-state index in [9.17, 15) is 4.79 Å². The summed E-state index contributed by atoms with van der Waals surface area (Å²) < 4.78 is 5.84. The van der Waals surface area contributed by atoms with Crippen LogP contribution in [0.4, 0.5) is 0 Å². The first kappa shape index (κ1) is 15.3. The quantitative estimate of drug-likeness (QED) is 0.886. The summed E-state index contributed by atoms with van der Waals surface area (Å²) in [6.45, 7) is 3.71. The summed E-state index contributed by atoms with van der Waals surface area (Å²) in [7, 11) is 1.60. The van der Waals surface area contributed by atoms with Crippen LogP contribution in [0.3, 0.4) is 0 Å². The molecule has 21 heavy (non-hydrogen) atoms. The zero-order chi connectivity index (χ0) is 15.4. The second-order valence-corrected chi connectivity index (χ2v) is 5.32. The molecular weight excluding hydrogens is 264 g/mol. The fraction of sp³-hybridized carbons (Fsp3) is 0.353. The van der Waals surface area contributed by atoms with Crippen molar-refractivity contribution < 1.29 is 9.53 Å². The van der Waals surface area contributed by atoms with Gasteiger partial charge in [0, 0.05) is 18.7 Å². The first-order valence-electron chi connectivity index (χ1n) is 7.17. The second kappa shape index (κ2) is 6.59. The third kappa shape index (κ3) is 3.52. The van der Waals surface area contributed by atoms with Crippen molar-refractivity contribution >= 4 is 16.7 Å². The highest BCUT2D eigenvalue weighted by Gasteiger charge is 2.17. The van der Waals surface area contributed by atoms with Gasteiger partial charge >= 0.3 is 0 Å². The zero-order valence-corrected chi connectivity index (χ0v) is 12.7. The molecule has 0 heterocycles. The molecule has 0 bridgehead atoms. The van der Waals surface area contributed by atoms with E-state index in [1.807, 2.05) is 31.2 Å². The fourth-order valence-electron chi connectivity index (χ4n) is 2.41. The van der Waals surface area contributed by atoms with Gasteiger partial charge in [-0.3, -0.25) is 4.79 Å². The Morgan fingerprint density at radius 3 is 2.62 bits per heavy atom. The molecule has 112 valence electrons. The van der Waals surface area contributed by atoms with Crippen molar-refractivity contribution in [1.29, 1.82) is 0 Å². The summed E-state index contributed by atoms with van der Waals surface area (Å²) in [6, 6.07) is 12.1. The molecule has 0 aliphatic rings. The van der Waals surface area contributed by atoms with Crippen molar-refractivity contribution in [1.82, 2.24) is 5.32 Å². The van der Waals surface area contributed by atoms with E-state index in [1.165, 1.54) is 0 Å². The number of ether oxygens (including phenoxy) is 1. The summed E-state index contributed by atoms with van der Waals surface area (Å²) >= 11 is 0. The number of carbonyl (C=O) groups excluding carboxylic acids is 1. The van der Waals surface area contributed by atoms with Crippen LogP contribution in [-0.2, 0) is 11.2 Å². The molecule has 0 aliphatic carbocycles. The lowest BCUT2D eigenvalue weighted by Crippen LogP contribution is -2.34. The SMILES string of the molecule is CNC(=O)C(C)Oc1ccc2ccccc2c1CC(C)N. The first-order chi connectivity index (χ1) is 10.0. The molecule has 0 fully saturated rings. The van der Waals surface area contributed by atoms with Crippen LogP contribution < -0.4 is 15.8 Å². The molecule has 4 nitrogen and oxygen atoms in total. The van der Waals surface area contributed by atoms with Crippen LogP contribution in [0.15, 0.2) is 36.4 Å². The molecule has 2 aromatic rings. The number of benzene rings is 2. The lowest BCUT2D eigenvalue weighted by Gasteiger charge is -2.19. The first-order valence-corrected chi connectivity index (χ1v) is 7.17. The molecule has 2 unspecified atom stereocenters. The summed E-state index contributed by atoms with van der Waals surface area (Å²) in [5.41, 5.74) is 7.02. The predicted octanol–water partition coefficient (Wildman–Crippen LogP) is 2.24. The Labute approximate surface area is 125 Å². The molecule has 2 atom stereocenters. The van der Waals surface area contributed by atoms with Gasteiger partial charge in [0.15, 0.2) is 6.10 Å². The number of rotatable bonds is 5. The van der Waals surface area contributed by atoms with E-state index in [-0.39, 0.29) is 11.9 Å². The minimum Gasteiger partial charge on any atom is -0.481 e.